The van der Waals surface area contributed by atoms with Crippen LogP contribution in [0.25, 0.3) is 0 Å². The van der Waals surface area contributed by atoms with E-state index >= 15 is 0 Å². The minimum atomic E-state index is -0.864. The van der Waals surface area contributed by atoms with Gasteiger partial charge in [0.2, 0.25) is 5.91 Å². The molecule has 4 rings (SSSR count). The Morgan fingerprint density at radius 3 is 2.46 bits per heavy atom. The second-order valence-electron chi connectivity index (χ2n) is 7.99. The third kappa shape index (κ3) is 5.17. The predicted molar refractivity (Wildman–Crippen MR) is 139 cm³/mol. The number of nitrogens with one attached hydrogen (secondary N) is 3. The highest BCUT2D eigenvalue weighted by Gasteiger charge is 2.32. The van der Waals surface area contributed by atoms with Crippen LogP contribution in [0.15, 0.2) is 71.7 Å². The second kappa shape index (κ2) is 9.99. The number of benzene rings is 3. The Morgan fingerprint density at radius 2 is 1.83 bits per heavy atom. The van der Waals surface area contributed by atoms with Crippen LogP contribution in [0.1, 0.15) is 24.5 Å². The summed E-state index contributed by atoms with van der Waals surface area (Å²) in [5, 5.41) is 30.1. The van der Waals surface area contributed by atoms with Gasteiger partial charge in [-0.15, -0.1) is 0 Å². The number of hydrogen-bond acceptors (Lipinski definition) is 6. The number of anilines is 2. The van der Waals surface area contributed by atoms with Crippen molar-refractivity contribution in [3.05, 3.63) is 82.9 Å². The van der Waals surface area contributed by atoms with Crippen LogP contribution in [0.3, 0.4) is 0 Å². The number of aliphatic imine (C=N–C) groups is 1. The van der Waals surface area contributed by atoms with Crippen molar-refractivity contribution in [3.8, 4) is 11.5 Å². The highest BCUT2D eigenvalue weighted by molar-refractivity contribution is 6.31. The predicted octanol–water partition coefficient (Wildman–Crippen LogP) is 5.08. The molecule has 4 N–H and O–H groups in total. The molecule has 35 heavy (non-hydrogen) atoms. The van der Waals surface area contributed by atoms with Crippen molar-refractivity contribution in [2.24, 2.45) is 4.99 Å². The highest BCUT2D eigenvalue weighted by Crippen LogP contribution is 2.33. The van der Waals surface area contributed by atoms with Crippen LogP contribution in [-0.2, 0) is 4.79 Å². The molecular formula is C26H24ClN5O3. The number of fused-ring (bicyclic) bond motifs is 1. The Morgan fingerprint density at radius 1 is 1.14 bits per heavy atom. The van der Waals surface area contributed by atoms with E-state index in [0.29, 0.717) is 33.4 Å². The second-order valence-corrected chi connectivity index (χ2v) is 8.43. The molecule has 0 fully saturated rings. The van der Waals surface area contributed by atoms with Crippen LogP contribution in [0.5, 0.6) is 11.5 Å². The molecule has 0 saturated heterocycles. The number of carbonyl (C=O) groups is 1. The summed E-state index contributed by atoms with van der Waals surface area (Å²) in [7, 11) is 1.57. The lowest BCUT2D eigenvalue weighted by molar-refractivity contribution is -0.116. The maximum Gasteiger partial charge on any atom is 0.227 e. The molecule has 1 heterocycles. The third-order valence-corrected chi connectivity index (χ3v) is 5.78. The van der Waals surface area contributed by atoms with Crippen LogP contribution < -0.4 is 15.0 Å². The molecule has 1 atom stereocenters. The average Bonchev–Trinajstić information content (AvgIpc) is 2.95. The van der Waals surface area contributed by atoms with Crippen molar-refractivity contribution >= 4 is 46.3 Å². The normalized spacial score (nSPS) is 15.1. The Kier molecular flexibility index (Phi) is 6.84. The molecule has 8 nitrogen and oxygen atoms in total. The molecule has 3 aromatic carbocycles. The molecule has 0 spiro atoms. The molecule has 0 radical (unpaired) electrons. The van der Waals surface area contributed by atoms with Gasteiger partial charge in [-0.2, -0.15) is 0 Å². The molecule has 0 saturated carbocycles. The van der Waals surface area contributed by atoms with E-state index in [1.54, 1.807) is 50.4 Å². The molecule has 1 aliphatic heterocycles. The Bertz CT molecular complexity index is 1320. The van der Waals surface area contributed by atoms with Gasteiger partial charge in [-0.05, 0) is 61.5 Å². The van der Waals surface area contributed by atoms with E-state index in [0.717, 1.165) is 5.56 Å². The maximum absolute atomic E-state index is 12.9. The average molecular weight is 490 g/mol. The fourth-order valence-corrected chi connectivity index (χ4v) is 3.99. The summed E-state index contributed by atoms with van der Waals surface area (Å²) in [6, 6.07) is 17.8. The number of phenols is 1. The van der Waals surface area contributed by atoms with Gasteiger partial charge in [0.05, 0.1) is 24.9 Å². The maximum atomic E-state index is 12.9. The lowest BCUT2D eigenvalue weighted by Crippen LogP contribution is -2.41. The van der Waals surface area contributed by atoms with E-state index in [4.69, 9.17) is 32.1 Å². The quantitative estimate of drug-likeness (QED) is 0.226. The zero-order valence-electron chi connectivity index (χ0n) is 19.2. The summed E-state index contributed by atoms with van der Waals surface area (Å²) >= 11 is 6.10. The van der Waals surface area contributed by atoms with Crippen LogP contribution in [0, 0.1) is 10.8 Å². The number of benzodiazepines with no additional fused rings is 1. The fourth-order valence-electron chi connectivity index (χ4n) is 3.87. The number of amides is 1. The van der Waals surface area contributed by atoms with Gasteiger partial charge in [-0.25, -0.2) is 0 Å². The summed E-state index contributed by atoms with van der Waals surface area (Å²) in [5.74, 6) is 0.474. The van der Waals surface area contributed by atoms with E-state index in [9.17, 15) is 9.90 Å². The summed E-state index contributed by atoms with van der Waals surface area (Å²) < 4.78 is 5.43. The SMILES string of the molecule is COc1ccc2c(c1)C(c1ccc(Cl)cc1)=N[C@H](CC(=O)Nc1ccc(O)cc1)C(=N)N2C(C)=N. The topological polar surface area (TPSA) is 122 Å². The van der Waals surface area contributed by atoms with E-state index in [-0.39, 0.29) is 29.7 Å². The molecule has 3 aromatic rings. The van der Waals surface area contributed by atoms with Gasteiger partial charge in [0, 0.05) is 21.8 Å². The van der Waals surface area contributed by atoms with Crippen molar-refractivity contribution in [3.63, 3.8) is 0 Å². The zero-order chi connectivity index (χ0) is 25.1. The summed E-state index contributed by atoms with van der Waals surface area (Å²) in [6.45, 7) is 1.59. The molecular weight excluding hydrogens is 466 g/mol. The Hall–Kier alpha value is -4.17. The van der Waals surface area contributed by atoms with Crippen molar-refractivity contribution in [1.29, 1.82) is 10.8 Å². The first-order valence-electron chi connectivity index (χ1n) is 10.8. The summed E-state index contributed by atoms with van der Waals surface area (Å²) in [5.41, 5.74) is 3.10. The van der Waals surface area contributed by atoms with Crippen LogP contribution in [0.2, 0.25) is 5.02 Å². The van der Waals surface area contributed by atoms with Gasteiger partial charge < -0.3 is 15.2 Å². The van der Waals surface area contributed by atoms with Gasteiger partial charge in [0.1, 0.15) is 29.2 Å². The smallest absolute Gasteiger partial charge is 0.227 e. The number of halogens is 1. The number of aromatic hydroxyl groups is 1. The summed E-state index contributed by atoms with van der Waals surface area (Å²) in [4.78, 5) is 19.3. The number of rotatable bonds is 5. The van der Waals surface area contributed by atoms with Crippen LogP contribution in [0.4, 0.5) is 11.4 Å². The van der Waals surface area contributed by atoms with Crippen molar-refractivity contribution in [1.82, 2.24) is 0 Å². The summed E-state index contributed by atoms with van der Waals surface area (Å²) in [6.07, 6.45) is -0.119. The molecule has 178 valence electrons. The van der Waals surface area contributed by atoms with Gasteiger partial charge >= 0.3 is 0 Å². The molecule has 1 aliphatic rings. The molecule has 9 heteroatoms. The van der Waals surface area contributed by atoms with Crippen LogP contribution in [-0.4, -0.2) is 41.5 Å². The number of amidine groups is 2. The molecule has 0 aromatic heterocycles. The fraction of sp³-hybridized carbons (Fsp3) is 0.154. The monoisotopic (exact) mass is 489 g/mol. The third-order valence-electron chi connectivity index (χ3n) is 5.52. The van der Waals surface area contributed by atoms with E-state index in [1.165, 1.54) is 17.0 Å². The van der Waals surface area contributed by atoms with Crippen molar-refractivity contribution in [2.75, 3.05) is 17.3 Å². The minimum Gasteiger partial charge on any atom is -0.508 e. The van der Waals surface area contributed by atoms with Gasteiger partial charge in [-0.1, -0.05) is 23.7 Å². The standard InChI is InChI=1S/C26H24ClN5O3/c1-15(28)32-23-12-11-20(35-2)13-21(23)25(16-3-5-17(27)6-4-16)31-22(26(32)29)14-24(34)30-18-7-9-19(33)10-8-18/h3-13,22,28-29,33H,14H2,1-2H3,(H,30,34)/t22-/m1/s1. The lowest BCUT2D eigenvalue weighted by atomic mass is 9.99. The first kappa shape index (κ1) is 24.0. The number of ether oxygens (including phenoxy) is 1. The molecule has 0 bridgehead atoms. The Labute approximate surface area is 207 Å². The molecule has 0 unspecified atom stereocenters. The first-order valence-corrected chi connectivity index (χ1v) is 11.2. The zero-order valence-corrected chi connectivity index (χ0v) is 19.9. The van der Waals surface area contributed by atoms with Crippen LogP contribution >= 0.6 is 11.6 Å². The van der Waals surface area contributed by atoms with Gasteiger partial charge in [0.15, 0.2) is 0 Å². The minimum absolute atomic E-state index is 0.00809. The molecule has 0 aliphatic carbocycles. The lowest BCUT2D eigenvalue weighted by Gasteiger charge is -2.26. The number of methoxy groups -OCH3 is 1. The van der Waals surface area contributed by atoms with E-state index < -0.39 is 6.04 Å². The number of hydrogen-bond donors (Lipinski definition) is 4. The van der Waals surface area contributed by atoms with Crippen molar-refractivity contribution < 1.29 is 14.6 Å². The van der Waals surface area contributed by atoms with Gasteiger partial charge in [-0.3, -0.25) is 25.5 Å². The van der Waals surface area contributed by atoms with E-state index in [1.807, 2.05) is 18.2 Å². The number of carbonyl (C=O) groups excluding carboxylic acids is 1. The first-order chi connectivity index (χ1) is 16.8. The van der Waals surface area contributed by atoms with Crippen molar-refractivity contribution in [2.45, 2.75) is 19.4 Å². The van der Waals surface area contributed by atoms with Gasteiger partial charge in [0.25, 0.3) is 0 Å². The Balaban J connectivity index is 1.79. The van der Waals surface area contributed by atoms with E-state index in [2.05, 4.69) is 5.32 Å². The number of phenolic OH excluding ortho intramolecular Hbond substituents is 1. The largest absolute Gasteiger partial charge is 0.508 e. The number of nitrogens with zero attached hydrogens (tertiary/aromatic N) is 2. The molecule has 1 amide bonds. The highest BCUT2D eigenvalue weighted by atomic mass is 35.5.